The number of hydrogen-bond donors (Lipinski definition) is 0. The van der Waals surface area contributed by atoms with E-state index in [0.29, 0.717) is 43.1 Å². The van der Waals surface area contributed by atoms with Crippen LogP contribution in [0.5, 0.6) is 0 Å². The lowest BCUT2D eigenvalue weighted by Crippen LogP contribution is -2.49. The average Bonchev–Trinajstić information content (AvgIpc) is 2.73. The fourth-order valence-electron chi connectivity index (χ4n) is 2.95. The Morgan fingerprint density at radius 3 is 2.30 bits per heavy atom. The first kappa shape index (κ1) is 18.3. The molecule has 0 radical (unpaired) electrons. The Kier molecular flexibility index (Phi) is 5.30. The average molecular weight is 370 g/mol. The molecule has 0 aliphatic carbocycles. The van der Waals surface area contributed by atoms with Gasteiger partial charge >= 0.3 is 11.7 Å². The minimum absolute atomic E-state index is 0.0457. The van der Waals surface area contributed by atoms with Gasteiger partial charge in [-0.3, -0.25) is 14.9 Å². The van der Waals surface area contributed by atoms with Crippen LogP contribution in [0, 0.1) is 10.1 Å². The zero-order valence-electron chi connectivity index (χ0n) is 14.7. The Bertz CT molecular complexity index is 860. The number of nitrogens with zero attached hydrogens (tertiary/aromatic N) is 4. The summed E-state index contributed by atoms with van der Waals surface area (Å²) in [7, 11) is 1.30. The SMILES string of the molecule is COC(=O)c1ccc(C(=O)N2CCN(c3ncccc3[N+](=O)[O-])CC2)cc1. The van der Waals surface area contributed by atoms with Crippen LogP contribution in [0.15, 0.2) is 42.6 Å². The lowest BCUT2D eigenvalue weighted by molar-refractivity contribution is -0.384. The van der Waals surface area contributed by atoms with Crippen LogP contribution >= 0.6 is 0 Å². The van der Waals surface area contributed by atoms with E-state index in [1.165, 1.54) is 25.4 Å². The molecule has 1 aromatic heterocycles. The van der Waals surface area contributed by atoms with Gasteiger partial charge in [0.25, 0.3) is 5.91 Å². The molecule has 2 heterocycles. The molecule has 27 heavy (non-hydrogen) atoms. The second-order valence-electron chi connectivity index (χ2n) is 5.95. The van der Waals surface area contributed by atoms with Gasteiger partial charge in [0.15, 0.2) is 0 Å². The number of amides is 1. The van der Waals surface area contributed by atoms with Gasteiger partial charge in [-0.2, -0.15) is 0 Å². The van der Waals surface area contributed by atoms with Crippen LogP contribution in [0.3, 0.4) is 0 Å². The maximum absolute atomic E-state index is 12.6. The molecule has 9 nitrogen and oxygen atoms in total. The van der Waals surface area contributed by atoms with Crippen LogP contribution < -0.4 is 4.90 Å². The molecule has 0 N–H and O–H groups in total. The fourth-order valence-corrected chi connectivity index (χ4v) is 2.95. The van der Waals surface area contributed by atoms with Gasteiger partial charge < -0.3 is 14.5 Å². The quantitative estimate of drug-likeness (QED) is 0.458. The summed E-state index contributed by atoms with van der Waals surface area (Å²) in [5.74, 6) is -0.293. The first-order valence-corrected chi connectivity index (χ1v) is 8.33. The molecule has 0 atom stereocenters. The number of esters is 1. The summed E-state index contributed by atoms with van der Waals surface area (Å²) in [6.07, 6.45) is 1.52. The van der Waals surface area contributed by atoms with Crippen molar-refractivity contribution in [3.63, 3.8) is 0 Å². The monoisotopic (exact) mass is 370 g/mol. The van der Waals surface area contributed by atoms with E-state index >= 15 is 0 Å². The van der Waals surface area contributed by atoms with E-state index in [2.05, 4.69) is 9.72 Å². The van der Waals surface area contributed by atoms with Crippen LogP contribution in [0.4, 0.5) is 11.5 Å². The van der Waals surface area contributed by atoms with Crippen molar-refractivity contribution in [3.05, 3.63) is 63.8 Å². The molecule has 9 heteroatoms. The van der Waals surface area contributed by atoms with Gasteiger partial charge in [-0.05, 0) is 30.3 Å². The van der Waals surface area contributed by atoms with E-state index in [9.17, 15) is 19.7 Å². The molecule has 1 amide bonds. The Balaban J connectivity index is 1.66. The highest BCUT2D eigenvalue weighted by atomic mass is 16.6. The lowest BCUT2D eigenvalue weighted by Gasteiger charge is -2.35. The summed E-state index contributed by atoms with van der Waals surface area (Å²) in [6.45, 7) is 1.74. The second kappa shape index (κ2) is 7.81. The molecule has 2 aromatic rings. The third-order valence-electron chi connectivity index (χ3n) is 4.38. The van der Waals surface area contributed by atoms with Crippen LogP contribution in [0.2, 0.25) is 0 Å². The molecule has 0 bridgehead atoms. The maximum Gasteiger partial charge on any atom is 0.337 e. The van der Waals surface area contributed by atoms with Crippen molar-refractivity contribution in [2.75, 3.05) is 38.2 Å². The molecule has 1 aliphatic rings. The van der Waals surface area contributed by atoms with Gasteiger partial charge in [-0.25, -0.2) is 9.78 Å². The highest BCUT2D eigenvalue weighted by molar-refractivity contribution is 5.96. The Labute approximate surface area is 155 Å². The summed E-state index contributed by atoms with van der Waals surface area (Å²) in [4.78, 5) is 42.4. The minimum atomic E-state index is -0.459. The molecule has 0 spiro atoms. The number of anilines is 1. The van der Waals surface area contributed by atoms with Gasteiger partial charge in [-0.1, -0.05) is 0 Å². The molecule has 1 aliphatic heterocycles. The zero-order valence-corrected chi connectivity index (χ0v) is 14.7. The number of piperazine rings is 1. The molecule has 1 fully saturated rings. The first-order valence-electron chi connectivity index (χ1n) is 8.33. The smallest absolute Gasteiger partial charge is 0.337 e. The molecular weight excluding hydrogens is 352 g/mol. The fraction of sp³-hybridized carbons (Fsp3) is 0.278. The van der Waals surface area contributed by atoms with Crippen LogP contribution in [-0.2, 0) is 4.74 Å². The number of nitro groups is 1. The van der Waals surface area contributed by atoms with Crippen molar-refractivity contribution in [2.45, 2.75) is 0 Å². The van der Waals surface area contributed by atoms with E-state index in [1.54, 1.807) is 29.2 Å². The van der Waals surface area contributed by atoms with Gasteiger partial charge in [0, 0.05) is 44.0 Å². The normalized spacial score (nSPS) is 14.0. The summed E-state index contributed by atoms with van der Waals surface area (Å²) >= 11 is 0. The van der Waals surface area contributed by atoms with Crippen molar-refractivity contribution >= 4 is 23.4 Å². The van der Waals surface area contributed by atoms with Crippen molar-refractivity contribution < 1.29 is 19.2 Å². The topological polar surface area (TPSA) is 106 Å². The molecule has 1 aromatic carbocycles. The van der Waals surface area contributed by atoms with E-state index < -0.39 is 10.9 Å². The number of rotatable bonds is 4. The number of aromatic nitrogens is 1. The summed E-state index contributed by atoms with van der Waals surface area (Å²) in [6, 6.07) is 9.22. The molecule has 3 rings (SSSR count). The van der Waals surface area contributed by atoms with E-state index in [4.69, 9.17) is 0 Å². The van der Waals surface area contributed by atoms with Crippen LogP contribution in [-0.4, -0.2) is 60.0 Å². The molecule has 0 unspecified atom stereocenters. The van der Waals surface area contributed by atoms with Gasteiger partial charge in [0.05, 0.1) is 17.6 Å². The van der Waals surface area contributed by atoms with E-state index in [0.717, 1.165) is 0 Å². The molecule has 0 saturated carbocycles. The third-order valence-corrected chi connectivity index (χ3v) is 4.38. The highest BCUT2D eigenvalue weighted by Gasteiger charge is 2.27. The number of carbonyl (C=O) groups is 2. The van der Waals surface area contributed by atoms with E-state index in [1.807, 2.05) is 4.90 Å². The van der Waals surface area contributed by atoms with Crippen molar-refractivity contribution in [3.8, 4) is 0 Å². The number of hydrogen-bond acceptors (Lipinski definition) is 7. The number of ether oxygens (including phenoxy) is 1. The molecule has 140 valence electrons. The third kappa shape index (κ3) is 3.86. The Hall–Kier alpha value is -3.49. The van der Waals surface area contributed by atoms with Crippen molar-refractivity contribution in [1.29, 1.82) is 0 Å². The second-order valence-corrected chi connectivity index (χ2v) is 5.95. The number of pyridine rings is 1. The largest absolute Gasteiger partial charge is 0.465 e. The molecular formula is C18H18N4O5. The number of benzene rings is 1. The predicted octanol–water partition coefficient (Wildman–Crippen LogP) is 1.74. The minimum Gasteiger partial charge on any atom is -0.465 e. The summed E-state index contributed by atoms with van der Waals surface area (Å²) < 4.78 is 4.64. The zero-order chi connectivity index (χ0) is 19.4. The molecule has 1 saturated heterocycles. The first-order chi connectivity index (χ1) is 13.0. The van der Waals surface area contributed by atoms with Gasteiger partial charge in [0.2, 0.25) is 5.82 Å². The van der Waals surface area contributed by atoms with Gasteiger partial charge in [0.1, 0.15) is 0 Å². The highest BCUT2D eigenvalue weighted by Crippen LogP contribution is 2.26. The lowest BCUT2D eigenvalue weighted by atomic mass is 10.1. The van der Waals surface area contributed by atoms with Gasteiger partial charge in [-0.15, -0.1) is 0 Å². The standard InChI is InChI=1S/C18H18N4O5/c1-27-18(24)14-6-4-13(5-7-14)17(23)21-11-9-20(10-12-21)16-15(22(25)26)3-2-8-19-16/h2-8H,9-12H2,1H3. The predicted molar refractivity (Wildman–Crippen MR) is 96.8 cm³/mol. The van der Waals surface area contributed by atoms with Crippen LogP contribution in [0.1, 0.15) is 20.7 Å². The number of carbonyl (C=O) groups excluding carboxylic acids is 2. The van der Waals surface area contributed by atoms with Crippen LogP contribution in [0.25, 0.3) is 0 Å². The Morgan fingerprint density at radius 1 is 1.07 bits per heavy atom. The maximum atomic E-state index is 12.6. The van der Waals surface area contributed by atoms with E-state index in [-0.39, 0.29) is 11.6 Å². The number of methoxy groups -OCH3 is 1. The Morgan fingerprint density at radius 2 is 1.70 bits per heavy atom. The summed E-state index contributed by atoms with van der Waals surface area (Å²) in [5, 5.41) is 11.2. The van der Waals surface area contributed by atoms with Crippen molar-refractivity contribution in [2.24, 2.45) is 0 Å². The summed E-state index contributed by atoms with van der Waals surface area (Å²) in [5.41, 5.74) is 0.803. The van der Waals surface area contributed by atoms with Crippen molar-refractivity contribution in [1.82, 2.24) is 9.88 Å².